The molecule has 0 N–H and O–H groups in total. The Hall–Kier alpha value is -2.40. The molecule has 1 amide bonds. The fraction of sp³-hybridized carbons (Fsp3) is 0.357. The lowest BCUT2D eigenvalue weighted by molar-refractivity contribution is -0.117. The molecule has 0 spiro atoms. The number of tetrazole rings is 1. The molecule has 7 nitrogen and oxygen atoms in total. The summed E-state index contributed by atoms with van der Waals surface area (Å²) in [6, 6.07) is 11.4. The molecule has 8 heteroatoms. The van der Waals surface area contributed by atoms with E-state index in [0.717, 1.165) is 5.69 Å². The van der Waals surface area contributed by atoms with E-state index in [9.17, 15) is 4.79 Å². The molecule has 1 unspecified atom stereocenters. The maximum atomic E-state index is 12.7. The van der Waals surface area contributed by atoms with E-state index in [4.69, 9.17) is 5.26 Å². The summed E-state index contributed by atoms with van der Waals surface area (Å²) in [6.07, 6.45) is 0.281. The van der Waals surface area contributed by atoms with Crippen LogP contribution in [0.25, 0.3) is 0 Å². The van der Waals surface area contributed by atoms with E-state index in [0.29, 0.717) is 11.7 Å². The topological polar surface area (TPSA) is 87.7 Å². The van der Waals surface area contributed by atoms with E-state index in [-0.39, 0.29) is 17.6 Å². The van der Waals surface area contributed by atoms with Crippen LogP contribution in [-0.2, 0) is 11.8 Å². The van der Waals surface area contributed by atoms with Crippen molar-refractivity contribution in [2.75, 3.05) is 11.4 Å². The highest BCUT2D eigenvalue weighted by atomic mass is 32.2. The number of nitrogens with zero attached hydrogens (tertiary/aromatic N) is 6. The Morgan fingerprint density at radius 2 is 2.18 bits per heavy atom. The van der Waals surface area contributed by atoms with Crippen LogP contribution in [0.4, 0.5) is 5.69 Å². The van der Waals surface area contributed by atoms with Gasteiger partial charge < -0.3 is 4.90 Å². The van der Waals surface area contributed by atoms with Gasteiger partial charge in [-0.05, 0) is 29.5 Å². The van der Waals surface area contributed by atoms with Gasteiger partial charge in [-0.1, -0.05) is 30.0 Å². The first-order valence-corrected chi connectivity index (χ1v) is 7.64. The number of nitriles is 1. The number of hydrogen-bond donors (Lipinski definition) is 0. The minimum atomic E-state index is -0.358. The summed E-state index contributed by atoms with van der Waals surface area (Å²) in [6.45, 7) is 2.17. The first kappa shape index (κ1) is 16.0. The molecule has 0 saturated heterocycles. The van der Waals surface area contributed by atoms with E-state index in [2.05, 4.69) is 21.6 Å². The molecule has 0 bridgehead atoms. The normalized spacial score (nSPS) is 11.7. The minimum absolute atomic E-state index is 0.0746. The van der Waals surface area contributed by atoms with Crippen LogP contribution < -0.4 is 4.90 Å². The molecule has 1 atom stereocenters. The number of aryl methyl sites for hydroxylation is 1. The maximum absolute atomic E-state index is 12.7. The van der Waals surface area contributed by atoms with Crippen LogP contribution in [0.5, 0.6) is 0 Å². The van der Waals surface area contributed by atoms with E-state index in [1.54, 1.807) is 11.9 Å². The van der Waals surface area contributed by atoms with E-state index in [1.807, 2.05) is 37.3 Å². The lowest BCUT2D eigenvalue weighted by Gasteiger charge is -2.24. The number of carbonyl (C=O) groups is 1. The van der Waals surface area contributed by atoms with E-state index < -0.39 is 0 Å². The zero-order valence-electron chi connectivity index (χ0n) is 12.4. The van der Waals surface area contributed by atoms with Gasteiger partial charge in [-0.2, -0.15) is 5.26 Å². The first-order chi connectivity index (χ1) is 10.6. The molecule has 0 aliphatic carbocycles. The number of rotatable bonds is 6. The summed E-state index contributed by atoms with van der Waals surface area (Å²) in [4.78, 5) is 14.3. The number of hydrogen-bond acceptors (Lipinski definition) is 6. The molecule has 0 radical (unpaired) electrons. The van der Waals surface area contributed by atoms with Crippen molar-refractivity contribution < 1.29 is 4.79 Å². The minimum Gasteiger partial charge on any atom is -0.310 e. The second kappa shape index (κ2) is 7.56. The fourth-order valence-corrected chi connectivity index (χ4v) is 2.70. The first-order valence-electron chi connectivity index (χ1n) is 6.76. The van der Waals surface area contributed by atoms with Gasteiger partial charge in [0.25, 0.3) is 0 Å². The van der Waals surface area contributed by atoms with Gasteiger partial charge in [0.05, 0.1) is 17.7 Å². The highest BCUT2D eigenvalue weighted by molar-refractivity contribution is 8.00. The number of amides is 1. The van der Waals surface area contributed by atoms with Crippen molar-refractivity contribution in [2.24, 2.45) is 7.05 Å². The van der Waals surface area contributed by atoms with Crippen molar-refractivity contribution in [2.45, 2.75) is 23.8 Å². The van der Waals surface area contributed by atoms with Crippen molar-refractivity contribution in [3.05, 3.63) is 30.3 Å². The molecular weight excluding hydrogens is 300 g/mol. The molecule has 1 aromatic carbocycles. The average Bonchev–Trinajstić information content (AvgIpc) is 2.93. The van der Waals surface area contributed by atoms with Crippen molar-refractivity contribution >= 4 is 23.4 Å². The number of aromatic nitrogens is 4. The van der Waals surface area contributed by atoms with Crippen LogP contribution in [0.15, 0.2) is 35.5 Å². The van der Waals surface area contributed by atoms with Crippen LogP contribution in [0.1, 0.15) is 13.3 Å². The highest BCUT2D eigenvalue weighted by Gasteiger charge is 2.24. The van der Waals surface area contributed by atoms with Gasteiger partial charge in [-0.25, -0.2) is 4.68 Å². The van der Waals surface area contributed by atoms with E-state index in [1.165, 1.54) is 16.4 Å². The highest BCUT2D eigenvalue weighted by Crippen LogP contribution is 2.24. The van der Waals surface area contributed by atoms with Crippen molar-refractivity contribution in [3.8, 4) is 6.07 Å². The average molecular weight is 316 g/mol. The molecule has 114 valence electrons. The van der Waals surface area contributed by atoms with Crippen LogP contribution in [0.3, 0.4) is 0 Å². The molecule has 0 fully saturated rings. The third kappa shape index (κ3) is 3.83. The second-order valence-electron chi connectivity index (χ2n) is 4.58. The molecule has 0 aliphatic rings. The van der Waals surface area contributed by atoms with Crippen LogP contribution in [0, 0.1) is 11.3 Å². The van der Waals surface area contributed by atoms with Crippen molar-refractivity contribution in [3.63, 3.8) is 0 Å². The summed E-state index contributed by atoms with van der Waals surface area (Å²) < 4.78 is 1.52. The molecule has 2 aromatic rings. The van der Waals surface area contributed by atoms with Gasteiger partial charge in [0.15, 0.2) is 0 Å². The lowest BCUT2D eigenvalue weighted by atomic mass is 10.2. The van der Waals surface area contributed by atoms with Gasteiger partial charge >= 0.3 is 0 Å². The number of benzene rings is 1. The monoisotopic (exact) mass is 316 g/mol. The van der Waals surface area contributed by atoms with Crippen molar-refractivity contribution in [1.82, 2.24) is 20.2 Å². The fourth-order valence-electron chi connectivity index (χ4n) is 1.89. The quantitative estimate of drug-likeness (QED) is 0.753. The third-order valence-corrected chi connectivity index (χ3v) is 4.10. The van der Waals surface area contributed by atoms with Gasteiger partial charge in [-0.15, -0.1) is 5.10 Å². The summed E-state index contributed by atoms with van der Waals surface area (Å²) in [5, 5.41) is 20.2. The van der Waals surface area contributed by atoms with Gasteiger partial charge in [0, 0.05) is 19.3 Å². The summed E-state index contributed by atoms with van der Waals surface area (Å²) in [7, 11) is 1.73. The zero-order valence-corrected chi connectivity index (χ0v) is 13.2. The van der Waals surface area contributed by atoms with Gasteiger partial charge in [0.2, 0.25) is 11.1 Å². The third-order valence-electron chi connectivity index (χ3n) is 2.99. The largest absolute Gasteiger partial charge is 0.310 e. The summed E-state index contributed by atoms with van der Waals surface area (Å²) in [5.74, 6) is -0.0746. The van der Waals surface area contributed by atoms with Crippen molar-refractivity contribution in [1.29, 1.82) is 5.26 Å². The Balaban J connectivity index is 2.14. The number of anilines is 1. The Morgan fingerprint density at radius 1 is 1.45 bits per heavy atom. The Labute approximate surface area is 132 Å². The van der Waals surface area contributed by atoms with Crippen LogP contribution in [0.2, 0.25) is 0 Å². The predicted molar refractivity (Wildman–Crippen MR) is 83.1 cm³/mol. The lowest BCUT2D eigenvalue weighted by Crippen LogP contribution is -2.37. The Bertz CT molecular complexity index is 665. The molecule has 0 saturated carbocycles. The smallest absolute Gasteiger partial charge is 0.240 e. The zero-order chi connectivity index (χ0) is 15.9. The number of thioether (sulfide) groups is 1. The summed E-state index contributed by atoms with van der Waals surface area (Å²) >= 11 is 1.29. The van der Waals surface area contributed by atoms with E-state index >= 15 is 0 Å². The summed E-state index contributed by atoms with van der Waals surface area (Å²) in [5.41, 5.74) is 0.784. The second-order valence-corrected chi connectivity index (χ2v) is 5.89. The van der Waals surface area contributed by atoms with Crippen LogP contribution in [-0.4, -0.2) is 37.9 Å². The maximum Gasteiger partial charge on any atom is 0.240 e. The molecular formula is C14H16N6OS. The van der Waals surface area contributed by atoms with Gasteiger partial charge in [0.1, 0.15) is 0 Å². The molecule has 1 aromatic heterocycles. The molecule has 22 heavy (non-hydrogen) atoms. The standard InChI is InChI=1S/C14H16N6OS/c1-11(22-14-16-17-18-19(14)2)13(21)20(10-6-9-15)12-7-4-3-5-8-12/h3-5,7-8,11H,6,10H2,1-2H3. The molecule has 1 heterocycles. The Kier molecular flexibility index (Phi) is 5.49. The number of para-hydroxylation sites is 1. The Morgan fingerprint density at radius 3 is 2.77 bits per heavy atom. The predicted octanol–water partition coefficient (Wildman–Crippen LogP) is 1.64. The van der Waals surface area contributed by atoms with Gasteiger partial charge in [-0.3, -0.25) is 4.79 Å². The van der Waals surface area contributed by atoms with Crippen LogP contribution >= 0.6 is 11.8 Å². The number of carbonyl (C=O) groups excluding carboxylic acids is 1. The molecule has 2 rings (SSSR count). The molecule has 0 aliphatic heterocycles. The SMILES string of the molecule is CC(Sc1nnnn1C)C(=O)N(CCC#N)c1ccccc1.